The number of hydrogen-bond acceptors (Lipinski definition) is 1. The molecule has 0 spiro atoms. The Hall–Kier alpha value is -1.79. The zero-order valence-electron chi connectivity index (χ0n) is 7.23. The Balaban J connectivity index is 2.88. The molecular formula is C8H6F4N2O. The molecule has 7 heteroatoms. The van der Waals surface area contributed by atoms with Crippen LogP contribution in [0.1, 0.15) is 5.56 Å². The van der Waals surface area contributed by atoms with Gasteiger partial charge in [-0.3, -0.25) is 0 Å². The molecule has 0 aromatic heterocycles. The van der Waals surface area contributed by atoms with E-state index in [1.54, 1.807) is 0 Å². The predicted octanol–water partition coefficient (Wildman–Crippen LogP) is 2.71. The second kappa shape index (κ2) is 4.16. The lowest BCUT2D eigenvalue weighted by atomic mass is 10.2. The van der Waals surface area contributed by atoms with Gasteiger partial charge in [0.1, 0.15) is 0 Å². The molecule has 0 unspecified atom stereocenters. The fourth-order valence-electron chi connectivity index (χ4n) is 0.928. The summed E-state index contributed by atoms with van der Waals surface area (Å²) in [4.78, 5) is 10.5. The number of carbonyl (C=O) groups is 1. The minimum atomic E-state index is -4.50. The topological polar surface area (TPSA) is 41.1 Å². The van der Waals surface area contributed by atoms with Crippen LogP contribution in [-0.2, 0) is 6.18 Å². The molecule has 0 fully saturated rings. The van der Waals surface area contributed by atoms with Crippen LogP contribution in [0.2, 0.25) is 0 Å². The summed E-state index contributed by atoms with van der Waals surface area (Å²) in [7, 11) is 0. The number of alkyl halides is 3. The van der Waals surface area contributed by atoms with Crippen molar-refractivity contribution in [3.05, 3.63) is 29.8 Å². The Kier molecular flexibility index (Phi) is 3.13. The standard InChI is InChI=1S/C8H6F4N2O/c9-8(10,11)5-2-1-3-6(4-5)13-7(15)14-12/h1-4H,(H2,13,14,15). The summed E-state index contributed by atoms with van der Waals surface area (Å²) < 4.78 is 48.1. The lowest BCUT2D eigenvalue weighted by molar-refractivity contribution is -0.137. The van der Waals surface area contributed by atoms with Crippen LogP contribution in [0, 0.1) is 0 Å². The second-order valence-corrected chi connectivity index (χ2v) is 2.63. The fraction of sp³-hybridized carbons (Fsp3) is 0.125. The number of rotatable bonds is 1. The average molecular weight is 222 g/mol. The highest BCUT2D eigenvalue weighted by Gasteiger charge is 2.30. The number of urea groups is 1. The molecule has 0 radical (unpaired) electrons. The van der Waals surface area contributed by atoms with Gasteiger partial charge in [0, 0.05) is 5.69 Å². The third kappa shape index (κ3) is 3.12. The molecule has 2 amide bonds. The highest BCUT2D eigenvalue weighted by Crippen LogP contribution is 2.30. The molecule has 0 aliphatic carbocycles. The smallest absolute Gasteiger partial charge is 0.306 e. The van der Waals surface area contributed by atoms with Crippen LogP contribution >= 0.6 is 0 Å². The van der Waals surface area contributed by atoms with Gasteiger partial charge in [0.25, 0.3) is 0 Å². The molecule has 0 bridgehead atoms. The van der Waals surface area contributed by atoms with E-state index < -0.39 is 17.8 Å². The molecule has 15 heavy (non-hydrogen) atoms. The Labute approximate surface area is 82.0 Å². The van der Waals surface area contributed by atoms with Crippen molar-refractivity contribution in [2.24, 2.45) is 0 Å². The number of nitrogens with one attached hydrogen (secondary N) is 2. The van der Waals surface area contributed by atoms with E-state index >= 15 is 0 Å². The first-order valence-electron chi connectivity index (χ1n) is 3.78. The molecule has 0 saturated carbocycles. The zero-order chi connectivity index (χ0) is 11.5. The van der Waals surface area contributed by atoms with Crippen LogP contribution < -0.4 is 10.9 Å². The van der Waals surface area contributed by atoms with Crippen LogP contribution in [0.4, 0.5) is 28.1 Å². The number of hydrogen-bond donors (Lipinski definition) is 2. The van der Waals surface area contributed by atoms with Gasteiger partial charge in [0.2, 0.25) is 0 Å². The first-order chi connectivity index (χ1) is 6.93. The van der Waals surface area contributed by atoms with Crippen molar-refractivity contribution < 1.29 is 22.4 Å². The average Bonchev–Trinajstić information content (AvgIpc) is 2.17. The Morgan fingerprint density at radius 2 is 1.93 bits per heavy atom. The van der Waals surface area contributed by atoms with E-state index in [2.05, 4.69) is 0 Å². The summed E-state index contributed by atoms with van der Waals surface area (Å²) in [5, 5.41) is 1.88. The largest absolute Gasteiger partial charge is 0.416 e. The summed E-state index contributed by atoms with van der Waals surface area (Å²) >= 11 is 0. The minimum Gasteiger partial charge on any atom is -0.306 e. The van der Waals surface area contributed by atoms with Gasteiger partial charge < -0.3 is 5.32 Å². The molecule has 82 valence electrons. The first kappa shape index (κ1) is 11.3. The van der Waals surface area contributed by atoms with Crippen molar-refractivity contribution in [3.8, 4) is 0 Å². The van der Waals surface area contributed by atoms with Gasteiger partial charge in [-0.2, -0.15) is 18.7 Å². The predicted molar refractivity (Wildman–Crippen MR) is 44.7 cm³/mol. The molecule has 1 aromatic rings. The van der Waals surface area contributed by atoms with E-state index in [9.17, 15) is 22.4 Å². The van der Waals surface area contributed by atoms with Gasteiger partial charge in [-0.15, -0.1) is 0 Å². The van der Waals surface area contributed by atoms with Crippen molar-refractivity contribution in [3.63, 3.8) is 0 Å². The summed E-state index contributed by atoms with van der Waals surface area (Å²) in [6.07, 6.45) is -4.50. The Bertz CT molecular complexity index is 364. The van der Waals surface area contributed by atoms with Gasteiger partial charge >= 0.3 is 12.2 Å². The van der Waals surface area contributed by atoms with E-state index in [0.717, 1.165) is 17.7 Å². The number of amides is 2. The number of benzene rings is 1. The van der Waals surface area contributed by atoms with Gasteiger partial charge in [-0.1, -0.05) is 10.5 Å². The third-order valence-electron chi connectivity index (χ3n) is 1.53. The van der Waals surface area contributed by atoms with Crippen LogP contribution in [0.15, 0.2) is 24.3 Å². The number of carbonyl (C=O) groups excluding carboxylic acids is 1. The molecule has 0 saturated heterocycles. The quantitative estimate of drug-likeness (QED) is 0.556. The molecule has 0 aliphatic rings. The molecule has 0 heterocycles. The summed E-state index contributed by atoms with van der Waals surface area (Å²) in [5.74, 6) is 0. The normalized spacial score (nSPS) is 10.9. The Morgan fingerprint density at radius 3 is 2.47 bits per heavy atom. The van der Waals surface area contributed by atoms with Crippen LogP contribution in [0.3, 0.4) is 0 Å². The van der Waals surface area contributed by atoms with Crippen LogP contribution in [0.5, 0.6) is 0 Å². The van der Waals surface area contributed by atoms with E-state index in [1.165, 1.54) is 6.07 Å². The maximum atomic E-state index is 12.2. The maximum absolute atomic E-state index is 12.2. The molecule has 1 aromatic carbocycles. The number of halogens is 4. The second-order valence-electron chi connectivity index (χ2n) is 2.63. The van der Waals surface area contributed by atoms with Crippen molar-refractivity contribution in [2.45, 2.75) is 6.18 Å². The highest BCUT2D eigenvalue weighted by molar-refractivity contribution is 5.88. The van der Waals surface area contributed by atoms with E-state index in [4.69, 9.17) is 0 Å². The molecule has 0 aliphatic heterocycles. The van der Waals surface area contributed by atoms with E-state index in [1.807, 2.05) is 5.32 Å². The fourth-order valence-corrected chi connectivity index (χ4v) is 0.928. The van der Waals surface area contributed by atoms with Gasteiger partial charge in [-0.25, -0.2) is 4.79 Å². The maximum Gasteiger partial charge on any atom is 0.416 e. The monoisotopic (exact) mass is 222 g/mol. The number of anilines is 1. The van der Waals surface area contributed by atoms with Crippen molar-refractivity contribution >= 4 is 11.7 Å². The lowest BCUT2D eigenvalue weighted by Gasteiger charge is -2.08. The Morgan fingerprint density at radius 1 is 1.27 bits per heavy atom. The van der Waals surface area contributed by atoms with Gasteiger partial charge in [-0.05, 0) is 18.2 Å². The summed E-state index contributed by atoms with van der Waals surface area (Å²) in [6.45, 7) is 0. The van der Waals surface area contributed by atoms with Crippen molar-refractivity contribution in [1.29, 1.82) is 0 Å². The summed E-state index contributed by atoms with van der Waals surface area (Å²) in [5.41, 5.74) is -0.316. The van der Waals surface area contributed by atoms with Crippen molar-refractivity contribution in [2.75, 3.05) is 5.32 Å². The molecule has 0 atom stereocenters. The van der Waals surface area contributed by atoms with Crippen molar-refractivity contribution in [1.82, 2.24) is 5.54 Å². The molecule has 2 N–H and O–H groups in total. The van der Waals surface area contributed by atoms with Gasteiger partial charge in [0.05, 0.1) is 5.56 Å². The molecular weight excluding hydrogens is 216 g/mol. The zero-order valence-corrected chi connectivity index (χ0v) is 7.23. The summed E-state index contributed by atoms with van der Waals surface area (Å²) in [6, 6.07) is 2.64. The SMILES string of the molecule is O=C(NF)Nc1cccc(C(F)(F)F)c1. The molecule has 3 nitrogen and oxygen atoms in total. The third-order valence-corrected chi connectivity index (χ3v) is 1.53. The van der Waals surface area contributed by atoms with Gasteiger partial charge in [0.15, 0.2) is 0 Å². The van der Waals surface area contributed by atoms with E-state index in [0.29, 0.717) is 6.07 Å². The highest BCUT2D eigenvalue weighted by atomic mass is 19.4. The van der Waals surface area contributed by atoms with Crippen LogP contribution in [-0.4, -0.2) is 6.03 Å². The lowest BCUT2D eigenvalue weighted by Crippen LogP contribution is -2.21. The van der Waals surface area contributed by atoms with E-state index in [-0.39, 0.29) is 5.69 Å². The molecule has 1 rings (SSSR count). The van der Waals surface area contributed by atoms with Crippen LogP contribution in [0.25, 0.3) is 0 Å². The first-order valence-corrected chi connectivity index (χ1v) is 3.78. The minimum absolute atomic E-state index is 0.139.